The Morgan fingerprint density at radius 2 is 2.00 bits per heavy atom. The maximum atomic E-state index is 12.4. The number of amides is 3. The van der Waals surface area contributed by atoms with E-state index >= 15 is 0 Å². The first kappa shape index (κ1) is 15.1. The summed E-state index contributed by atoms with van der Waals surface area (Å²) in [5.74, 6) is -1.18. The number of carbonyl (C=O) groups excluding carboxylic acids is 2. The maximum Gasteiger partial charge on any atom is 0.317 e. The minimum Gasteiger partial charge on any atom is -0.481 e. The predicted octanol–water partition coefficient (Wildman–Crippen LogP) is 0.537. The number of carbonyl (C=O) groups is 3. The molecule has 0 aromatic rings. The predicted molar refractivity (Wildman–Crippen MR) is 77.8 cm³/mol. The van der Waals surface area contributed by atoms with Crippen LogP contribution in [0, 0.1) is 17.3 Å². The zero-order valence-electron chi connectivity index (χ0n) is 12.6. The summed E-state index contributed by atoms with van der Waals surface area (Å²) in [6.45, 7) is 0.814. The first-order valence-corrected chi connectivity index (χ1v) is 8.00. The standard InChI is InChI=1S/C15H23N3O4/c16-12(19)9-3-4-11(6-9)17-14(22)18-7-10-2-1-5-15(10,8-18)13(20)21/h9-11H,1-8H2,(H2,16,19)(H,17,22)(H,20,21)/t9-,10+,11+,15-/m1/s1. The first-order chi connectivity index (χ1) is 10.4. The monoisotopic (exact) mass is 309 g/mol. The molecule has 22 heavy (non-hydrogen) atoms. The molecule has 2 aliphatic carbocycles. The lowest BCUT2D eigenvalue weighted by molar-refractivity contribution is -0.149. The van der Waals surface area contributed by atoms with Crippen LogP contribution in [0.2, 0.25) is 0 Å². The van der Waals surface area contributed by atoms with Crippen molar-refractivity contribution in [3.05, 3.63) is 0 Å². The summed E-state index contributed by atoms with van der Waals surface area (Å²) in [4.78, 5) is 36.8. The van der Waals surface area contributed by atoms with Crippen LogP contribution in [0.25, 0.3) is 0 Å². The number of primary amides is 1. The summed E-state index contributed by atoms with van der Waals surface area (Å²) in [5.41, 5.74) is 4.55. The van der Waals surface area contributed by atoms with Gasteiger partial charge in [-0.3, -0.25) is 9.59 Å². The van der Waals surface area contributed by atoms with Gasteiger partial charge in [0, 0.05) is 25.0 Å². The molecule has 0 bridgehead atoms. The van der Waals surface area contributed by atoms with E-state index in [9.17, 15) is 19.5 Å². The number of urea groups is 1. The van der Waals surface area contributed by atoms with Gasteiger partial charge in [-0.1, -0.05) is 6.42 Å². The van der Waals surface area contributed by atoms with Crippen molar-refractivity contribution in [3.63, 3.8) is 0 Å². The number of hydrogen-bond acceptors (Lipinski definition) is 3. The fourth-order valence-electron chi connectivity index (χ4n) is 4.43. The Morgan fingerprint density at radius 3 is 2.59 bits per heavy atom. The highest BCUT2D eigenvalue weighted by Gasteiger charge is 2.55. The van der Waals surface area contributed by atoms with E-state index in [1.54, 1.807) is 4.90 Å². The van der Waals surface area contributed by atoms with Gasteiger partial charge in [0.2, 0.25) is 5.91 Å². The van der Waals surface area contributed by atoms with E-state index in [0.717, 1.165) is 19.3 Å². The molecule has 0 unspecified atom stereocenters. The van der Waals surface area contributed by atoms with Gasteiger partial charge in [-0.05, 0) is 38.0 Å². The van der Waals surface area contributed by atoms with Crippen molar-refractivity contribution < 1.29 is 19.5 Å². The smallest absolute Gasteiger partial charge is 0.317 e. The first-order valence-electron chi connectivity index (χ1n) is 8.00. The number of fused-ring (bicyclic) bond motifs is 1. The number of hydrogen-bond donors (Lipinski definition) is 3. The molecule has 1 saturated heterocycles. The molecule has 4 N–H and O–H groups in total. The normalized spacial score (nSPS) is 37.1. The molecule has 0 radical (unpaired) electrons. The topological polar surface area (TPSA) is 113 Å². The largest absolute Gasteiger partial charge is 0.481 e. The fourth-order valence-corrected chi connectivity index (χ4v) is 4.43. The molecule has 0 aromatic carbocycles. The summed E-state index contributed by atoms with van der Waals surface area (Å²) in [6, 6.07) is -0.239. The number of likely N-dealkylation sites (tertiary alicyclic amines) is 1. The van der Waals surface area contributed by atoms with Gasteiger partial charge in [0.1, 0.15) is 0 Å². The van der Waals surface area contributed by atoms with Gasteiger partial charge in [-0.2, -0.15) is 0 Å². The lowest BCUT2D eigenvalue weighted by Gasteiger charge is -2.24. The van der Waals surface area contributed by atoms with E-state index in [2.05, 4.69) is 5.32 Å². The van der Waals surface area contributed by atoms with Crippen LogP contribution < -0.4 is 11.1 Å². The Hall–Kier alpha value is -1.79. The number of nitrogens with two attached hydrogens (primary N) is 1. The molecule has 7 nitrogen and oxygen atoms in total. The van der Waals surface area contributed by atoms with E-state index in [-0.39, 0.29) is 29.8 Å². The number of rotatable bonds is 3. The molecular formula is C15H23N3O4. The van der Waals surface area contributed by atoms with Gasteiger partial charge in [-0.25, -0.2) is 4.79 Å². The number of aliphatic carboxylic acids is 1. The van der Waals surface area contributed by atoms with Crippen LogP contribution in [0.3, 0.4) is 0 Å². The van der Waals surface area contributed by atoms with Crippen molar-refractivity contribution in [2.45, 2.75) is 44.6 Å². The van der Waals surface area contributed by atoms with Gasteiger partial charge >= 0.3 is 12.0 Å². The Morgan fingerprint density at radius 1 is 1.23 bits per heavy atom. The SMILES string of the molecule is NC(=O)[C@@H]1CC[C@H](NC(=O)N2C[C@@H]3CCC[C@@]3(C(=O)O)C2)C1. The minimum absolute atomic E-state index is 0.0359. The average molecular weight is 309 g/mol. The van der Waals surface area contributed by atoms with Gasteiger partial charge in [0.05, 0.1) is 5.41 Å². The molecule has 4 atom stereocenters. The number of nitrogens with zero attached hydrogens (tertiary/aromatic N) is 1. The van der Waals surface area contributed by atoms with Crippen molar-refractivity contribution in [2.24, 2.45) is 23.0 Å². The summed E-state index contributed by atoms with van der Waals surface area (Å²) in [7, 11) is 0. The summed E-state index contributed by atoms with van der Waals surface area (Å²) in [5, 5.41) is 12.5. The Bertz CT molecular complexity index is 509. The Labute approximate surface area is 129 Å². The summed E-state index contributed by atoms with van der Waals surface area (Å²) < 4.78 is 0. The Kier molecular flexibility index (Phi) is 3.74. The summed E-state index contributed by atoms with van der Waals surface area (Å²) in [6.07, 6.45) is 4.51. The third kappa shape index (κ3) is 2.42. The molecule has 1 heterocycles. The maximum absolute atomic E-state index is 12.4. The number of carboxylic acids is 1. The lowest BCUT2D eigenvalue weighted by atomic mass is 9.81. The van der Waals surface area contributed by atoms with Crippen LogP contribution in [0.15, 0.2) is 0 Å². The van der Waals surface area contributed by atoms with E-state index < -0.39 is 11.4 Å². The second-order valence-electron chi connectivity index (χ2n) is 6.99. The van der Waals surface area contributed by atoms with Crippen molar-refractivity contribution in [1.29, 1.82) is 0 Å². The zero-order valence-corrected chi connectivity index (χ0v) is 12.6. The van der Waals surface area contributed by atoms with Crippen LogP contribution >= 0.6 is 0 Å². The van der Waals surface area contributed by atoms with Gasteiger partial charge in [0.15, 0.2) is 0 Å². The van der Waals surface area contributed by atoms with E-state index in [1.165, 1.54) is 0 Å². The molecule has 122 valence electrons. The van der Waals surface area contributed by atoms with Crippen molar-refractivity contribution >= 4 is 17.9 Å². The van der Waals surface area contributed by atoms with Crippen molar-refractivity contribution in [1.82, 2.24) is 10.2 Å². The molecule has 3 aliphatic rings. The zero-order chi connectivity index (χ0) is 15.9. The fraction of sp³-hybridized carbons (Fsp3) is 0.800. The minimum atomic E-state index is -0.778. The summed E-state index contributed by atoms with van der Waals surface area (Å²) >= 11 is 0. The average Bonchev–Trinajstić information content (AvgIpc) is 3.10. The van der Waals surface area contributed by atoms with Crippen molar-refractivity contribution in [3.8, 4) is 0 Å². The third-order valence-corrected chi connectivity index (χ3v) is 5.75. The highest BCUT2D eigenvalue weighted by molar-refractivity contribution is 5.81. The van der Waals surface area contributed by atoms with Crippen molar-refractivity contribution in [2.75, 3.05) is 13.1 Å². The molecule has 1 aliphatic heterocycles. The van der Waals surface area contributed by atoms with Gasteiger partial charge in [-0.15, -0.1) is 0 Å². The van der Waals surface area contributed by atoms with E-state index in [0.29, 0.717) is 32.4 Å². The molecule has 7 heteroatoms. The quantitative estimate of drug-likeness (QED) is 0.706. The number of carboxylic acid groups (broad SMARTS) is 1. The highest BCUT2D eigenvalue weighted by atomic mass is 16.4. The molecule has 0 spiro atoms. The van der Waals surface area contributed by atoms with Crippen LogP contribution in [0.1, 0.15) is 38.5 Å². The van der Waals surface area contributed by atoms with Crippen LogP contribution in [-0.4, -0.2) is 47.0 Å². The molecule has 3 rings (SSSR count). The third-order valence-electron chi connectivity index (χ3n) is 5.75. The second kappa shape index (κ2) is 5.44. The molecule has 3 amide bonds. The lowest BCUT2D eigenvalue weighted by Crippen LogP contribution is -2.45. The highest BCUT2D eigenvalue weighted by Crippen LogP contribution is 2.48. The van der Waals surface area contributed by atoms with Crippen LogP contribution in [0.4, 0.5) is 4.79 Å². The van der Waals surface area contributed by atoms with E-state index in [1.807, 2.05) is 0 Å². The molecule has 3 fully saturated rings. The molecular weight excluding hydrogens is 286 g/mol. The van der Waals surface area contributed by atoms with Gasteiger partial charge < -0.3 is 21.1 Å². The second-order valence-corrected chi connectivity index (χ2v) is 6.99. The Balaban J connectivity index is 1.58. The van der Waals surface area contributed by atoms with E-state index in [4.69, 9.17) is 5.73 Å². The van der Waals surface area contributed by atoms with Crippen LogP contribution in [0.5, 0.6) is 0 Å². The van der Waals surface area contributed by atoms with Gasteiger partial charge in [0.25, 0.3) is 0 Å². The number of nitrogens with one attached hydrogen (secondary N) is 1. The molecule has 2 saturated carbocycles. The van der Waals surface area contributed by atoms with Crippen LogP contribution in [-0.2, 0) is 9.59 Å². The molecule has 0 aromatic heterocycles.